The topological polar surface area (TPSA) is 67.8 Å². The molecule has 1 aromatic carbocycles. The van der Waals surface area contributed by atoms with Crippen molar-refractivity contribution in [2.45, 2.75) is 6.42 Å². The summed E-state index contributed by atoms with van der Waals surface area (Å²) in [5.41, 5.74) is 2.31. The number of benzene rings is 1. The fraction of sp³-hybridized carbons (Fsp3) is 0.111. The summed E-state index contributed by atoms with van der Waals surface area (Å²) >= 11 is 6.71. The van der Waals surface area contributed by atoms with E-state index in [1.54, 1.807) is 18.3 Å². The molecule has 0 aliphatic carbocycles. The average molecular weight is 462 g/mol. The van der Waals surface area contributed by atoms with Gasteiger partial charge >= 0.3 is 0 Å². The summed E-state index contributed by atoms with van der Waals surface area (Å²) in [5, 5.41) is 4.76. The van der Waals surface area contributed by atoms with Crippen molar-refractivity contribution in [3.8, 4) is 0 Å². The number of hydrogen-bond donors (Lipinski definition) is 1. The minimum absolute atomic E-state index is 0.00430. The number of anilines is 2. The second-order valence-corrected chi connectivity index (χ2v) is 6.81. The van der Waals surface area contributed by atoms with Crippen LogP contribution in [0.15, 0.2) is 59.5 Å². The van der Waals surface area contributed by atoms with Crippen LogP contribution in [-0.4, -0.2) is 26.1 Å². The quantitative estimate of drug-likeness (QED) is 0.429. The lowest BCUT2D eigenvalue weighted by Crippen LogP contribution is -2.02. The molecule has 0 saturated carbocycles. The van der Waals surface area contributed by atoms with Crippen LogP contribution < -0.4 is 5.32 Å². The van der Waals surface area contributed by atoms with Crippen molar-refractivity contribution in [1.29, 1.82) is 0 Å². The summed E-state index contributed by atoms with van der Waals surface area (Å²) in [4.78, 5) is 24.8. The van der Waals surface area contributed by atoms with Gasteiger partial charge in [0.2, 0.25) is 0 Å². The van der Waals surface area contributed by atoms with Crippen molar-refractivity contribution >= 4 is 60.1 Å². The Morgan fingerprint density at radius 2 is 2.08 bits per heavy atom. The molecule has 5 nitrogen and oxygen atoms in total. The Bertz CT molecular complexity index is 943. The fourth-order valence-corrected chi connectivity index (χ4v) is 2.90. The first-order valence-electron chi connectivity index (χ1n) is 7.53. The molecular formula is C18H14Br2N4O. The van der Waals surface area contributed by atoms with Crippen molar-refractivity contribution in [1.82, 2.24) is 15.0 Å². The van der Waals surface area contributed by atoms with E-state index in [0.29, 0.717) is 16.8 Å². The van der Waals surface area contributed by atoms with Crippen LogP contribution in [0, 0.1) is 0 Å². The van der Waals surface area contributed by atoms with Crippen LogP contribution >= 0.6 is 31.9 Å². The molecule has 0 aliphatic heterocycles. The van der Waals surface area contributed by atoms with Gasteiger partial charge in [-0.3, -0.25) is 9.78 Å². The monoisotopic (exact) mass is 460 g/mol. The van der Waals surface area contributed by atoms with E-state index in [1.807, 2.05) is 30.3 Å². The highest BCUT2D eigenvalue weighted by atomic mass is 79.9. The molecule has 2 aromatic heterocycles. The summed E-state index contributed by atoms with van der Waals surface area (Å²) in [7, 11) is 0. The third kappa shape index (κ3) is 4.70. The Morgan fingerprint density at radius 3 is 2.88 bits per heavy atom. The Morgan fingerprint density at radius 1 is 1.20 bits per heavy atom. The summed E-state index contributed by atoms with van der Waals surface area (Å²) in [6.45, 7) is 0. The minimum Gasteiger partial charge on any atom is -0.340 e. The molecule has 0 amide bonds. The highest BCUT2D eigenvalue weighted by Gasteiger charge is 2.08. The van der Waals surface area contributed by atoms with Crippen LogP contribution in [0.25, 0.3) is 10.9 Å². The number of carbonyl (C=O) groups excluding carboxylic acids is 1. The maximum absolute atomic E-state index is 11.9. The highest BCUT2D eigenvalue weighted by Crippen LogP contribution is 2.25. The molecule has 126 valence electrons. The molecule has 25 heavy (non-hydrogen) atoms. The third-order valence-corrected chi connectivity index (χ3v) is 4.28. The number of fused-ring (bicyclic) bond motifs is 1. The van der Waals surface area contributed by atoms with Crippen LogP contribution in [0.3, 0.4) is 0 Å². The second kappa shape index (κ2) is 8.31. The summed E-state index contributed by atoms with van der Waals surface area (Å²) < 4.78 is 0.974. The first-order valence-corrected chi connectivity index (χ1v) is 9.45. The summed E-state index contributed by atoms with van der Waals surface area (Å²) in [6.07, 6.45) is 6.73. The van der Waals surface area contributed by atoms with Crippen LogP contribution in [0.2, 0.25) is 0 Å². The molecule has 0 atom stereocenters. The van der Waals surface area contributed by atoms with Crippen molar-refractivity contribution in [3.05, 3.63) is 65.2 Å². The highest BCUT2D eigenvalue weighted by molar-refractivity contribution is 9.10. The number of alkyl halides is 1. The molecule has 3 aromatic rings. The van der Waals surface area contributed by atoms with Gasteiger partial charge in [0.05, 0.1) is 18.1 Å². The van der Waals surface area contributed by atoms with Gasteiger partial charge in [-0.15, -0.1) is 0 Å². The van der Waals surface area contributed by atoms with E-state index in [2.05, 4.69) is 52.1 Å². The first kappa shape index (κ1) is 17.7. The van der Waals surface area contributed by atoms with Crippen LogP contribution in [0.4, 0.5) is 11.5 Å². The van der Waals surface area contributed by atoms with Gasteiger partial charge in [0, 0.05) is 26.6 Å². The van der Waals surface area contributed by atoms with Crippen molar-refractivity contribution in [3.63, 3.8) is 0 Å². The number of ketones is 1. The first-order chi connectivity index (χ1) is 12.2. The number of allylic oxidation sites excluding steroid dienone is 2. The molecule has 0 unspecified atom stereocenters. The number of pyridine rings is 1. The number of hydrogen-bond acceptors (Lipinski definition) is 5. The lowest BCUT2D eigenvalue weighted by molar-refractivity contribution is -0.114. The van der Waals surface area contributed by atoms with Crippen LogP contribution in [0.1, 0.15) is 5.69 Å². The van der Waals surface area contributed by atoms with E-state index in [1.165, 1.54) is 6.33 Å². The predicted molar refractivity (Wildman–Crippen MR) is 106 cm³/mol. The zero-order chi connectivity index (χ0) is 17.6. The lowest BCUT2D eigenvalue weighted by Gasteiger charge is -2.09. The van der Waals surface area contributed by atoms with Gasteiger partial charge in [0.1, 0.15) is 12.1 Å². The number of rotatable bonds is 6. The van der Waals surface area contributed by atoms with Gasteiger partial charge in [0.15, 0.2) is 5.78 Å². The van der Waals surface area contributed by atoms with E-state index < -0.39 is 0 Å². The van der Waals surface area contributed by atoms with Gasteiger partial charge in [-0.25, -0.2) is 9.97 Å². The molecule has 0 aliphatic rings. The largest absolute Gasteiger partial charge is 0.340 e. The van der Waals surface area contributed by atoms with Crippen LogP contribution in [0.5, 0.6) is 0 Å². The van der Waals surface area contributed by atoms with E-state index >= 15 is 0 Å². The molecule has 2 heterocycles. The molecule has 7 heteroatoms. The molecule has 3 rings (SSSR count). The Labute approximate surface area is 161 Å². The van der Waals surface area contributed by atoms with Crippen molar-refractivity contribution in [2.75, 3.05) is 10.6 Å². The SMILES string of the molecule is O=C(/C=C/CBr)Cc1cc2c(Nc3cccc(Br)c3)ncnc2cn1. The maximum atomic E-state index is 11.9. The molecule has 0 fully saturated rings. The number of nitrogens with zero attached hydrogens (tertiary/aromatic N) is 3. The zero-order valence-corrected chi connectivity index (χ0v) is 16.3. The molecular weight excluding hydrogens is 448 g/mol. The zero-order valence-electron chi connectivity index (χ0n) is 13.1. The van der Waals surface area contributed by atoms with Gasteiger partial charge < -0.3 is 5.32 Å². The fourth-order valence-electron chi connectivity index (χ4n) is 2.31. The van der Waals surface area contributed by atoms with E-state index in [9.17, 15) is 4.79 Å². The standard InChI is InChI=1S/C18H14Br2N4O/c19-6-2-5-15(25)8-14-9-16-17(10-21-14)22-11-23-18(16)24-13-4-1-3-12(20)7-13/h1-5,7,9-11H,6,8H2,(H,22,23,24)/b5-2+. The lowest BCUT2D eigenvalue weighted by atomic mass is 10.1. The normalized spacial score (nSPS) is 11.1. The van der Waals surface area contributed by atoms with E-state index in [0.717, 1.165) is 21.1 Å². The maximum Gasteiger partial charge on any atom is 0.161 e. The molecule has 0 saturated heterocycles. The molecule has 1 N–H and O–H groups in total. The van der Waals surface area contributed by atoms with E-state index in [4.69, 9.17) is 0 Å². The van der Waals surface area contributed by atoms with Gasteiger partial charge in [0.25, 0.3) is 0 Å². The molecule has 0 radical (unpaired) electrons. The molecule has 0 spiro atoms. The predicted octanol–water partition coefficient (Wildman–Crippen LogP) is 4.59. The number of nitrogens with one attached hydrogen (secondary N) is 1. The minimum atomic E-state index is 0.00430. The van der Waals surface area contributed by atoms with Gasteiger partial charge in [-0.1, -0.05) is 44.0 Å². The Kier molecular flexibility index (Phi) is 5.88. The molecule has 0 bridgehead atoms. The smallest absolute Gasteiger partial charge is 0.161 e. The Balaban J connectivity index is 1.92. The van der Waals surface area contributed by atoms with Gasteiger partial charge in [-0.2, -0.15) is 0 Å². The Hall–Kier alpha value is -2.12. The third-order valence-electron chi connectivity index (χ3n) is 3.41. The number of aromatic nitrogens is 3. The summed E-state index contributed by atoms with van der Waals surface area (Å²) in [6, 6.07) is 9.67. The van der Waals surface area contributed by atoms with Crippen molar-refractivity contribution in [2.24, 2.45) is 0 Å². The number of carbonyl (C=O) groups is 1. The number of halogens is 2. The summed E-state index contributed by atoms with van der Waals surface area (Å²) in [5.74, 6) is 0.680. The van der Waals surface area contributed by atoms with Crippen molar-refractivity contribution < 1.29 is 4.79 Å². The average Bonchev–Trinajstić information content (AvgIpc) is 2.60. The van der Waals surface area contributed by atoms with Gasteiger partial charge in [-0.05, 0) is 30.3 Å². The second-order valence-electron chi connectivity index (χ2n) is 5.25. The van der Waals surface area contributed by atoms with E-state index in [-0.39, 0.29) is 12.2 Å². The van der Waals surface area contributed by atoms with Crippen LogP contribution in [-0.2, 0) is 11.2 Å².